The van der Waals surface area contributed by atoms with Crippen molar-refractivity contribution in [2.45, 2.75) is 58.8 Å². The van der Waals surface area contributed by atoms with Gasteiger partial charge in [-0.05, 0) is 42.9 Å². The van der Waals surface area contributed by atoms with Crippen LogP contribution in [0.2, 0.25) is 0 Å². The molecule has 1 aliphatic carbocycles. The first-order valence-electron chi connectivity index (χ1n) is 11.9. The lowest BCUT2D eigenvalue weighted by Gasteiger charge is -2.33. The number of aryl methyl sites for hydroxylation is 1. The van der Waals surface area contributed by atoms with Crippen LogP contribution in [-0.2, 0) is 6.61 Å². The van der Waals surface area contributed by atoms with Gasteiger partial charge in [-0.15, -0.1) is 0 Å². The number of carboxylic acid groups (broad SMARTS) is 1. The molecule has 1 unspecified atom stereocenters. The van der Waals surface area contributed by atoms with Gasteiger partial charge >= 0.3 is 10.8 Å². The molecule has 1 N–H and O–H groups in total. The molecule has 4 atom stereocenters. The van der Waals surface area contributed by atoms with Crippen LogP contribution in [0.15, 0.2) is 54.6 Å². The molecule has 0 saturated heterocycles. The third-order valence-electron chi connectivity index (χ3n) is 6.80. The zero-order valence-corrected chi connectivity index (χ0v) is 20.8. The molecule has 0 spiro atoms. The molecular weight excluding hydrogens is 430 g/mol. The van der Waals surface area contributed by atoms with Gasteiger partial charge in [0.05, 0.1) is 5.56 Å². The molecule has 33 heavy (non-hydrogen) atoms. The molecule has 3 aromatic rings. The van der Waals surface area contributed by atoms with Crippen molar-refractivity contribution in [2.75, 3.05) is 0 Å². The van der Waals surface area contributed by atoms with Gasteiger partial charge in [0.1, 0.15) is 11.9 Å². The molecular formula is C28H34NO3S+. The predicted molar refractivity (Wildman–Crippen MR) is 135 cm³/mol. The Morgan fingerprint density at radius 2 is 1.82 bits per heavy atom. The quantitative estimate of drug-likeness (QED) is 0.364. The summed E-state index contributed by atoms with van der Waals surface area (Å²) in [6.45, 7) is 9.21. The smallest absolute Gasteiger partial charge is 0.395 e. The fraction of sp³-hybridized carbons (Fsp3) is 0.429. The van der Waals surface area contributed by atoms with Crippen molar-refractivity contribution in [2.24, 2.45) is 17.8 Å². The van der Waals surface area contributed by atoms with Crippen molar-refractivity contribution in [1.29, 1.82) is 0 Å². The van der Waals surface area contributed by atoms with E-state index in [1.807, 2.05) is 30.3 Å². The average molecular weight is 465 g/mol. The average Bonchev–Trinajstić information content (AvgIpc) is 3.18. The second kappa shape index (κ2) is 10.1. The van der Waals surface area contributed by atoms with Crippen LogP contribution >= 0.6 is 10.5 Å². The Balaban J connectivity index is 1.85. The summed E-state index contributed by atoms with van der Waals surface area (Å²) < 4.78 is 6.10. The van der Waals surface area contributed by atoms with Crippen LogP contribution in [0.5, 0.6) is 5.88 Å². The molecule has 1 saturated carbocycles. The molecule has 1 aliphatic rings. The molecule has 4 nitrogen and oxygen atoms in total. The van der Waals surface area contributed by atoms with E-state index in [-0.39, 0.29) is 11.1 Å². The Bertz CT molecular complexity index is 1090. The van der Waals surface area contributed by atoms with E-state index in [1.165, 1.54) is 12.0 Å². The maximum Gasteiger partial charge on any atom is 0.395 e. The lowest BCUT2D eigenvalue weighted by Crippen LogP contribution is -2.24. The number of hydrogen-bond acceptors (Lipinski definition) is 3. The van der Waals surface area contributed by atoms with Crippen LogP contribution in [0.3, 0.4) is 0 Å². The van der Waals surface area contributed by atoms with Gasteiger partial charge in [0.25, 0.3) is 10.9 Å². The van der Waals surface area contributed by atoms with E-state index in [1.54, 1.807) is 0 Å². The summed E-state index contributed by atoms with van der Waals surface area (Å²) in [5.74, 6) is 0.932. The standard InChI is InChI=1S/C28H33NO3S/c1-18(2)23-15-12-20(4)16-24(23)33-25(28(30)31)26(32-17-21-8-6-5-7-9-21)29-27(33)22-13-10-19(3)11-14-22/h5-11,13-14,18,20,23-24H,12,15-17H2,1-4H3/p+1/t20-,23+,24-,33?/m1/s1. The van der Waals surface area contributed by atoms with Gasteiger partial charge in [-0.1, -0.05) is 75.2 Å². The van der Waals surface area contributed by atoms with E-state index in [4.69, 9.17) is 9.72 Å². The zero-order chi connectivity index (χ0) is 23.5. The minimum absolute atomic E-state index is 0.262. The number of hydrogen-bond donors (Lipinski definition) is 1. The molecule has 174 valence electrons. The van der Waals surface area contributed by atoms with Gasteiger partial charge in [-0.3, -0.25) is 0 Å². The van der Waals surface area contributed by atoms with E-state index in [0.717, 1.165) is 29.0 Å². The molecule has 0 amide bonds. The lowest BCUT2D eigenvalue weighted by molar-refractivity contribution is 0.0696. The van der Waals surface area contributed by atoms with Gasteiger partial charge in [-0.25, -0.2) is 4.79 Å². The molecule has 0 radical (unpaired) electrons. The minimum atomic E-state index is -0.909. The third kappa shape index (κ3) is 5.14. The van der Waals surface area contributed by atoms with Gasteiger partial charge < -0.3 is 9.84 Å². The first-order valence-corrected chi connectivity index (χ1v) is 13.2. The fourth-order valence-corrected chi connectivity index (χ4v) is 8.12. The second-order valence-corrected chi connectivity index (χ2v) is 11.8. The number of nitrogens with zero attached hydrogens (tertiary/aromatic N) is 1. The molecule has 0 aliphatic heterocycles. The molecule has 4 rings (SSSR count). The Kier molecular flexibility index (Phi) is 7.18. The van der Waals surface area contributed by atoms with Crippen LogP contribution in [0.4, 0.5) is 0 Å². The van der Waals surface area contributed by atoms with Crippen molar-refractivity contribution >= 4 is 16.4 Å². The first-order chi connectivity index (χ1) is 15.8. The number of thiazole rings is 1. The topological polar surface area (TPSA) is 59.4 Å². The molecule has 5 heteroatoms. The number of aromatic carboxylic acids is 1. The summed E-state index contributed by atoms with van der Waals surface area (Å²) in [4.78, 5) is 17.9. The SMILES string of the molecule is Cc1ccc(-c2nc(OCc3ccccc3)c(C(=O)O)[s+]2[C@@H]2C[C@H](C)CC[C@H]2C(C)C)cc1. The van der Waals surface area contributed by atoms with Crippen LogP contribution < -0.4 is 4.74 Å². The second-order valence-electron chi connectivity index (χ2n) is 9.70. The Morgan fingerprint density at radius 1 is 1.12 bits per heavy atom. The largest absolute Gasteiger partial charge is 0.474 e. The van der Waals surface area contributed by atoms with Gasteiger partial charge in [0, 0.05) is 22.8 Å². The number of benzene rings is 2. The van der Waals surface area contributed by atoms with Crippen LogP contribution in [0.25, 0.3) is 10.6 Å². The number of rotatable bonds is 7. The van der Waals surface area contributed by atoms with Crippen molar-refractivity contribution in [1.82, 2.24) is 4.98 Å². The van der Waals surface area contributed by atoms with Crippen LogP contribution in [0, 0.1) is 24.7 Å². The van der Waals surface area contributed by atoms with E-state index in [9.17, 15) is 9.90 Å². The van der Waals surface area contributed by atoms with Crippen molar-refractivity contribution < 1.29 is 14.6 Å². The highest BCUT2D eigenvalue weighted by Gasteiger charge is 2.46. The van der Waals surface area contributed by atoms with Crippen molar-refractivity contribution in [3.05, 3.63) is 70.6 Å². The van der Waals surface area contributed by atoms with Gasteiger partial charge in [0.15, 0.2) is 0 Å². The van der Waals surface area contributed by atoms with E-state index in [2.05, 4.69) is 52.0 Å². The van der Waals surface area contributed by atoms with Gasteiger partial charge in [0.2, 0.25) is 0 Å². The maximum absolute atomic E-state index is 12.7. The molecule has 0 bridgehead atoms. The molecule has 1 fully saturated rings. The number of carboxylic acids is 1. The van der Waals surface area contributed by atoms with E-state index in [0.29, 0.717) is 29.2 Å². The Morgan fingerprint density at radius 3 is 2.45 bits per heavy atom. The van der Waals surface area contributed by atoms with E-state index < -0.39 is 16.4 Å². The summed E-state index contributed by atoms with van der Waals surface area (Å²) in [5, 5.41) is 11.5. The number of ether oxygens (including phenoxy) is 1. The predicted octanol–water partition coefficient (Wildman–Crippen LogP) is 7.72. The van der Waals surface area contributed by atoms with Crippen molar-refractivity contribution in [3.8, 4) is 16.5 Å². The first kappa shape index (κ1) is 23.5. The highest BCUT2D eigenvalue weighted by Crippen LogP contribution is 2.57. The molecule has 1 heterocycles. The highest BCUT2D eigenvalue weighted by atomic mass is 32.2. The minimum Gasteiger partial charge on any atom is -0.474 e. The fourth-order valence-electron chi connectivity index (χ4n) is 4.96. The molecule has 2 aromatic carbocycles. The number of carbonyl (C=O) groups is 1. The highest BCUT2D eigenvalue weighted by molar-refractivity contribution is 7.36. The third-order valence-corrected chi connectivity index (χ3v) is 9.48. The Labute approximate surface area is 199 Å². The summed E-state index contributed by atoms with van der Waals surface area (Å²) in [6.07, 6.45) is 3.37. The zero-order valence-electron chi connectivity index (χ0n) is 20.0. The van der Waals surface area contributed by atoms with E-state index >= 15 is 0 Å². The summed E-state index contributed by atoms with van der Waals surface area (Å²) in [6, 6.07) is 18.1. The van der Waals surface area contributed by atoms with Crippen LogP contribution in [-0.4, -0.2) is 16.1 Å². The lowest BCUT2D eigenvalue weighted by atomic mass is 9.77. The normalized spacial score (nSPS) is 21.2. The van der Waals surface area contributed by atoms with Gasteiger partial charge in [-0.2, -0.15) is 4.98 Å². The summed E-state index contributed by atoms with van der Waals surface area (Å²) >= 11 is 0. The molecule has 1 aromatic heterocycles. The number of aromatic nitrogens is 1. The summed E-state index contributed by atoms with van der Waals surface area (Å²) in [5.41, 5.74) is 3.18. The Hall–Kier alpha value is -2.66. The maximum atomic E-state index is 12.7. The summed E-state index contributed by atoms with van der Waals surface area (Å²) in [7, 11) is -0.631. The van der Waals surface area contributed by atoms with Crippen molar-refractivity contribution in [3.63, 3.8) is 0 Å². The van der Waals surface area contributed by atoms with Crippen LogP contribution in [0.1, 0.15) is 66.1 Å². The monoisotopic (exact) mass is 464 g/mol.